The Morgan fingerprint density at radius 2 is 1.93 bits per heavy atom. The van der Waals surface area contributed by atoms with Gasteiger partial charge in [-0.1, -0.05) is 0 Å². The Morgan fingerprint density at radius 3 is 2.33 bits per heavy atom. The van der Waals surface area contributed by atoms with Crippen molar-refractivity contribution in [1.82, 2.24) is 0 Å². The third-order valence-electron chi connectivity index (χ3n) is 2.03. The topological polar surface area (TPSA) is 43.4 Å². The maximum atomic E-state index is 10.9. The SMILES string of the molecule is Cc1cc(OC(=O)CCl)cc(C)c1C=O. The molecule has 0 unspecified atom stereocenters. The molecule has 0 aliphatic carbocycles. The zero-order valence-electron chi connectivity index (χ0n) is 8.54. The second-order valence-electron chi connectivity index (χ2n) is 3.20. The monoisotopic (exact) mass is 226 g/mol. The minimum atomic E-state index is -0.505. The van der Waals surface area contributed by atoms with Crippen LogP contribution in [0.1, 0.15) is 21.5 Å². The molecule has 0 radical (unpaired) electrons. The van der Waals surface area contributed by atoms with Crippen LogP contribution in [0.4, 0.5) is 0 Å². The van der Waals surface area contributed by atoms with Crippen molar-refractivity contribution < 1.29 is 14.3 Å². The molecule has 0 spiro atoms. The first kappa shape index (κ1) is 11.7. The first-order valence-electron chi connectivity index (χ1n) is 4.41. The molecule has 0 saturated heterocycles. The third kappa shape index (κ3) is 2.80. The van der Waals surface area contributed by atoms with E-state index in [2.05, 4.69) is 0 Å². The highest BCUT2D eigenvalue weighted by Gasteiger charge is 2.07. The molecule has 1 aromatic carbocycles. The van der Waals surface area contributed by atoms with Gasteiger partial charge in [-0.2, -0.15) is 0 Å². The van der Waals surface area contributed by atoms with Crippen molar-refractivity contribution in [2.24, 2.45) is 0 Å². The van der Waals surface area contributed by atoms with E-state index in [-0.39, 0.29) is 5.88 Å². The predicted octanol–water partition coefficient (Wildman–Crippen LogP) is 2.26. The molecule has 0 aliphatic heterocycles. The first-order valence-corrected chi connectivity index (χ1v) is 4.95. The van der Waals surface area contributed by atoms with Gasteiger partial charge in [0.25, 0.3) is 0 Å². The number of aldehydes is 1. The fraction of sp³-hybridized carbons (Fsp3) is 0.273. The van der Waals surface area contributed by atoms with Gasteiger partial charge in [-0.25, -0.2) is 0 Å². The lowest BCUT2D eigenvalue weighted by Crippen LogP contribution is -2.09. The lowest BCUT2D eigenvalue weighted by molar-refractivity contribution is -0.131. The molecule has 0 saturated carbocycles. The molecule has 0 heterocycles. The van der Waals surface area contributed by atoms with Crippen LogP contribution in [0.25, 0.3) is 0 Å². The van der Waals surface area contributed by atoms with Crippen LogP contribution >= 0.6 is 11.6 Å². The summed E-state index contributed by atoms with van der Waals surface area (Å²) in [6.07, 6.45) is 0.790. The van der Waals surface area contributed by atoms with Crippen LogP contribution in [-0.2, 0) is 4.79 Å². The fourth-order valence-corrected chi connectivity index (χ4v) is 1.39. The molecule has 0 aliphatic rings. The average molecular weight is 227 g/mol. The average Bonchev–Trinajstić information content (AvgIpc) is 2.17. The number of ether oxygens (including phenoxy) is 1. The number of carbonyl (C=O) groups excluding carboxylic acids is 2. The summed E-state index contributed by atoms with van der Waals surface area (Å²) >= 11 is 5.31. The molecular weight excluding hydrogens is 216 g/mol. The van der Waals surface area contributed by atoms with Crippen molar-refractivity contribution in [2.75, 3.05) is 5.88 Å². The molecule has 80 valence electrons. The van der Waals surface area contributed by atoms with E-state index in [0.29, 0.717) is 11.3 Å². The summed E-state index contributed by atoms with van der Waals surface area (Å²) in [6, 6.07) is 3.28. The number of esters is 1. The lowest BCUT2D eigenvalue weighted by atomic mass is 10.0. The van der Waals surface area contributed by atoms with Crippen LogP contribution in [0.5, 0.6) is 5.75 Å². The summed E-state index contributed by atoms with van der Waals surface area (Å²) in [5.41, 5.74) is 2.19. The number of carbonyl (C=O) groups is 2. The van der Waals surface area contributed by atoms with Gasteiger partial charge < -0.3 is 4.74 Å². The molecule has 0 atom stereocenters. The normalized spacial score (nSPS) is 9.80. The highest BCUT2D eigenvalue weighted by atomic mass is 35.5. The Balaban J connectivity index is 3.03. The minimum absolute atomic E-state index is 0.187. The van der Waals surface area contributed by atoms with Gasteiger partial charge >= 0.3 is 5.97 Å². The number of halogens is 1. The maximum Gasteiger partial charge on any atom is 0.326 e. The largest absolute Gasteiger partial charge is 0.426 e. The number of alkyl halides is 1. The quantitative estimate of drug-likeness (QED) is 0.344. The van der Waals surface area contributed by atoms with Crippen molar-refractivity contribution in [3.63, 3.8) is 0 Å². The lowest BCUT2D eigenvalue weighted by Gasteiger charge is -2.07. The van der Waals surface area contributed by atoms with Gasteiger partial charge in [-0.15, -0.1) is 11.6 Å². The van der Waals surface area contributed by atoms with E-state index in [1.807, 2.05) is 0 Å². The molecule has 4 heteroatoms. The fourth-order valence-electron chi connectivity index (χ4n) is 1.34. The van der Waals surface area contributed by atoms with Crippen LogP contribution in [-0.4, -0.2) is 18.1 Å². The number of hydrogen-bond donors (Lipinski definition) is 0. The van der Waals surface area contributed by atoms with Gasteiger partial charge in [0, 0.05) is 5.56 Å². The van der Waals surface area contributed by atoms with Crippen molar-refractivity contribution in [3.05, 3.63) is 28.8 Å². The molecule has 15 heavy (non-hydrogen) atoms. The van der Waals surface area contributed by atoms with Crippen molar-refractivity contribution in [3.8, 4) is 5.75 Å². The minimum Gasteiger partial charge on any atom is -0.426 e. The highest BCUT2D eigenvalue weighted by molar-refractivity contribution is 6.26. The molecular formula is C11H11ClO3. The summed E-state index contributed by atoms with van der Waals surface area (Å²) in [6.45, 7) is 3.57. The summed E-state index contributed by atoms with van der Waals surface area (Å²) < 4.78 is 4.94. The standard InChI is InChI=1S/C11H11ClO3/c1-7-3-9(15-11(14)5-12)4-8(2)10(7)6-13/h3-4,6H,5H2,1-2H3. The van der Waals surface area contributed by atoms with Crippen LogP contribution < -0.4 is 4.74 Å². The van der Waals surface area contributed by atoms with E-state index in [0.717, 1.165) is 17.4 Å². The maximum absolute atomic E-state index is 10.9. The van der Waals surface area contributed by atoms with E-state index in [1.165, 1.54) is 0 Å². The zero-order valence-corrected chi connectivity index (χ0v) is 9.30. The number of aryl methyl sites for hydroxylation is 2. The molecule has 1 rings (SSSR count). The Hall–Kier alpha value is -1.35. The summed E-state index contributed by atoms with van der Waals surface area (Å²) in [5, 5.41) is 0. The Morgan fingerprint density at radius 1 is 1.40 bits per heavy atom. The first-order chi connectivity index (χ1) is 7.08. The second kappa shape index (κ2) is 4.94. The van der Waals surface area contributed by atoms with Gasteiger partial charge in [-0.3, -0.25) is 9.59 Å². The Labute approximate surface area is 93.0 Å². The van der Waals surface area contributed by atoms with E-state index in [4.69, 9.17) is 16.3 Å². The van der Waals surface area contributed by atoms with E-state index in [1.54, 1.807) is 26.0 Å². The Kier molecular flexibility index (Phi) is 3.86. The van der Waals surface area contributed by atoms with Crippen molar-refractivity contribution >= 4 is 23.9 Å². The molecule has 0 N–H and O–H groups in total. The smallest absolute Gasteiger partial charge is 0.326 e. The van der Waals surface area contributed by atoms with Crippen molar-refractivity contribution in [2.45, 2.75) is 13.8 Å². The summed E-state index contributed by atoms with van der Waals surface area (Å²) in [4.78, 5) is 21.6. The van der Waals surface area contributed by atoms with Gasteiger partial charge in [0.1, 0.15) is 11.6 Å². The summed E-state index contributed by atoms with van der Waals surface area (Å²) in [5.74, 6) is -0.274. The van der Waals surface area contributed by atoms with E-state index >= 15 is 0 Å². The van der Waals surface area contributed by atoms with Gasteiger partial charge in [0.15, 0.2) is 6.29 Å². The van der Waals surface area contributed by atoms with E-state index < -0.39 is 5.97 Å². The molecule has 0 amide bonds. The van der Waals surface area contributed by atoms with Gasteiger partial charge in [0.2, 0.25) is 0 Å². The second-order valence-corrected chi connectivity index (χ2v) is 3.46. The van der Waals surface area contributed by atoms with Crippen LogP contribution in [0.3, 0.4) is 0 Å². The summed E-state index contributed by atoms with van der Waals surface area (Å²) in [7, 11) is 0. The predicted molar refractivity (Wildman–Crippen MR) is 57.7 cm³/mol. The van der Waals surface area contributed by atoms with Crippen LogP contribution in [0.2, 0.25) is 0 Å². The van der Waals surface area contributed by atoms with Gasteiger partial charge in [-0.05, 0) is 37.1 Å². The number of benzene rings is 1. The third-order valence-corrected chi connectivity index (χ3v) is 2.24. The Bertz CT molecular complexity index is 376. The van der Waals surface area contributed by atoms with Crippen LogP contribution in [0.15, 0.2) is 12.1 Å². The molecule has 0 bridgehead atoms. The van der Waals surface area contributed by atoms with E-state index in [9.17, 15) is 9.59 Å². The van der Waals surface area contributed by atoms with Crippen LogP contribution in [0, 0.1) is 13.8 Å². The number of rotatable bonds is 3. The number of hydrogen-bond acceptors (Lipinski definition) is 3. The molecule has 0 aromatic heterocycles. The zero-order chi connectivity index (χ0) is 11.4. The molecule has 1 aromatic rings. The van der Waals surface area contributed by atoms with Gasteiger partial charge in [0.05, 0.1) is 0 Å². The van der Waals surface area contributed by atoms with Crippen molar-refractivity contribution in [1.29, 1.82) is 0 Å². The highest BCUT2D eigenvalue weighted by Crippen LogP contribution is 2.20. The molecule has 0 fully saturated rings. The molecule has 3 nitrogen and oxygen atoms in total.